The lowest BCUT2D eigenvalue weighted by atomic mass is 10.2. The van der Waals surface area contributed by atoms with Crippen LogP contribution < -0.4 is 10.1 Å². The van der Waals surface area contributed by atoms with Crippen molar-refractivity contribution in [3.8, 4) is 5.75 Å². The van der Waals surface area contributed by atoms with E-state index in [-0.39, 0.29) is 0 Å². The number of hydrogen-bond donors (Lipinski definition) is 1. The van der Waals surface area contributed by atoms with Crippen molar-refractivity contribution < 1.29 is 9.47 Å². The van der Waals surface area contributed by atoms with Gasteiger partial charge in [-0.1, -0.05) is 12.1 Å². The number of rotatable bonds is 3. The first-order chi connectivity index (χ1) is 7.34. The van der Waals surface area contributed by atoms with E-state index in [1.807, 2.05) is 18.2 Å². The predicted octanol–water partition coefficient (Wildman–Crippen LogP) is 1.36. The van der Waals surface area contributed by atoms with Gasteiger partial charge in [0.25, 0.3) is 0 Å². The average Bonchev–Trinajstić information content (AvgIpc) is 2.28. The normalized spacial score (nSPS) is 21.3. The van der Waals surface area contributed by atoms with Crippen molar-refractivity contribution >= 4 is 0 Å². The van der Waals surface area contributed by atoms with Crippen molar-refractivity contribution in [2.45, 2.75) is 13.0 Å². The van der Waals surface area contributed by atoms with Gasteiger partial charge in [-0.15, -0.1) is 0 Å². The molecule has 1 unspecified atom stereocenters. The number of nitrogens with one attached hydrogen (secondary N) is 1. The van der Waals surface area contributed by atoms with Crippen LogP contribution in [0.4, 0.5) is 0 Å². The van der Waals surface area contributed by atoms with Crippen molar-refractivity contribution in [1.29, 1.82) is 0 Å². The van der Waals surface area contributed by atoms with Crippen LogP contribution in [-0.2, 0) is 4.74 Å². The highest BCUT2D eigenvalue weighted by Gasteiger charge is 2.13. The number of hydrogen-bond acceptors (Lipinski definition) is 3. The first kappa shape index (κ1) is 10.5. The molecule has 0 aromatic heterocycles. The Kier molecular flexibility index (Phi) is 3.59. The Morgan fingerprint density at radius 3 is 3.20 bits per heavy atom. The monoisotopic (exact) mass is 207 g/mol. The molecule has 1 heterocycles. The molecule has 0 saturated carbocycles. The number of ether oxygens (including phenoxy) is 2. The molecule has 0 aliphatic carbocycles. The summed E-state index contributed by atoms with van der Waals surface area (Å²) in [5, 5.41) is 3.35. The highest BCUT2D eigenvalue weighted by Crippen LogP contribution is 2.12. The van der Waals surface area contributed by atoms with Gasteiger partial charge in [0.15, 0.2) is 0 Å². The van der Waals surface area contributed by atoms with Crippen molar-refractivity contribution in [1.82, 2.24) is 5.32 Å². The van der Waals surface area contributed by atoms with Gasteiger partial charge in [0.1, 0.15) is 12.4 Å². The summed E-state index contributed by atoms with van der Waals surface area (Å²) in [6.45, 7) is 5.20. The molecule has 2 rings (SSSR count). The molecule has 1 aliphatic heterocycles. The number of morpholine rings is 1. The zero-order valence-corrected chi connectivity index (χ0v) is 9.03. The molecule has 1 aromatic carbocycles. The molecule has 82 valence electrons. The zero-order chi connectivity index (χ0) is 10.5. The van der Waals surface area contributed by atoms with Gasteiger partial charge in [0.2, 0.25) is 0 Å². The Bertz CT molecular complexity index is 308. The van der Waals surface area contributed by atoms with E-state index in [2.05, 4.69) is 18.3 Å². The van der Waals surface area contributed by atoms with Crippen LogP contribution in [-0.4, -0.2) is 32.4 Å². The molecule has 3 heteroatoms. The van der Waals surface area contributed by atoms with Gasteiger partial charge in [0, 0.05) is 6.54 Å². The molecular formula is C12H17NO2. The van der Waals surface area contributed by atoms with Gasteiger partial charge in [-0.25, -0.2) is 0 Å². The van der Waals surface area contributed by atoms with Gasteiger partial charge in [-0.2, -0.15) is 0 Å². The summed E-state index contributed by atoms with van der Waals surface area (Å²) in [7, 11) is 0. The first-order valence-electron chi connectivity index (χ1n) is 5.35. The van der Waals surface area contributed by atoms with E-state index >= 15 is 0 Å². The molecule has 1 N–H and O–H groups in total. The fourth-order valence-corrected chi connectivity index (χ4v) is 1.63. The first-order valence-corrected chi connectivity index (χ1v) is 5.35. The topological polar surface area (TPSA) is 30.5 Å². The van der Waals surface area contributed by atoms with Crippen molar-refractivity contribution in [3.05, 3.63) is 29.8 Å². The maximum absolute atomic E-state index is 5.68. The Hall–Kier alpha value is -1.06. The van der Waals surface area contributed by atoms with Gasteiger partial charge in [0.05, 0.1) is 19.3 Å². The van der Waals surface area contributed by atoms with E-state index in [0.717, 1.165) is 25.5 Å². The van der Waals surface area contributed by atoms with Crippen LogP contribution in [0.5, 0.6) is 5.75 Å². The summed E-state index contributed by atoms with van der Waals surface area (Å²) in [6.07, 6.45) is 0. The van der Waals surface area contributed by atoms with E-state index in [1.54, 1.807) is 0 Å². The van der Waals surface area contributed by atoms with Crippen molar-refractivity contribution in [3.63, 3.8) is 0 Å². The van der Waals surface area contributed by atoms with Crippen LogP contribution in [0.15, 0.2) is 24.3 Å². The summed E-state index contributed by atoms with van der Waals surface area (Å²) in [4.78, 5) is 0. The third-order valence-corrected chi connectivity index (χ3v) is 2.44. The van der Waals surface area contributed by atoms with E-state index in [1.165, 1.54) is 5.56 Å². The lowest BCUT2D eigenvalue weighted by molar-refractivity contribution is 0.0592. The molecule has 1 aliphatic rings. The smallest absolute Gasteiger partial charge is 0.119 e. The SMILES string of the molecule is Cc1cccc(OCC2COCCN2)c1. The highest BCUT2D eigenvalue weighted by molar-refractivity contribution is 5.27. The van der Waals surface area contributed by atoms with Crippen molar-refractivity contribution in [2.75, 3.05) is 26.4 Å². The van der Waals surface area contributed by atoms with E-state index < -0.39 is 0 Å². The van der Waals surface area contributed by atoms with Crippen LogP contribution in [0.3, 0.4) is 0 Å². The molecule has 1 atom stereocenters. The number of benzene rings is 1. The van der Waals surface area contributed by atoms with E-state index in [4.69, 9.17) is 9.47 Å². The van der Waals surface area contributed by atoms with E-state index in [0.29, 0.717) is 12.6 Å². The fourth-order valence-electron chi connectivity index (χ4n) is 1.63. The molecule has 1 saturated heterocycles. The molecule has 0 spiro atoms. The molecule has 0 bridgehead atoms. The minimum Gasteiger partial charge on any atom is -0.492 e. The van der Waals surface area contributed by atoms with Crippen LogP contribution >= 0.6 is 0 Å². The largest absolute Gasteiger partial charge is 0.492 e. The third-order valence-electron chi connectivity index (χ3n) is 2.44. The third kappa shape index (κ3) is 3.22. The van der Waals surface area contributed by atoms with Crippen LogP contribution in [0.1, 0.15) is 5.56 Å². The van der Waals surface area contributed by atoms with Gasteiger partial charge in [-0.05, 0) is 24.6 Å². The maximum Gasteiger partial charge on any atom is 0.119 e. The summed E-state index contributed by atoms with van der Waals surface area (Å²) < 4.78 is 11.0. The molecular weight excluding hydrogens is 190 g/mol. The lowest BCUT2D eigenvalue weighted by Gasteiger charge is -2.23. The second kappa shape index (κ2) is 5.14. The average molecular weight is 207 g/mol. The zero-order valence-electron chi connectivity index (χ0n) is 9.03. The summed E-state index contributed by atoms with van der Waals surface area (Å²) >= 11 is 0. The van der Waals surface area contributed by atoms with Gasteiger partial charge in [-0.3, -0.25) is 0 Å². The quantitative estimate of drug-likeness (QED) is 0.812. The Balaban J connectivity index is 1.81. The summed E-state index contributed by atoms with van der Waals surface area (Å²) in [5.41, 5.74) is 1.22. The molecule has 1 fully saturated rings. The maximum atomic E-state index is 5.68. The molecule has 3 nitrogen and oxygen atoms in total. The van der Waals surface area contributed by atoms with Gasteiger partial charge >= 0.3 is 0 Å². The highest BCUT2D eigenvalue weighted by atomic mass is 16.5. The molecule has 15 heavy (non-hydrogen) atoms. The summed E-state index contributed by atoms with van der Waals surface area (Å²) in [5.74, 6) is 0.933. The predicted molar refractivity (Wildman–Crippen MR) is 59.3 cm³/mol. The Labute approximate surface area is 90.4 Å². The fraction of sp³-hybridized carbons (Fsp3) is 0.500. The second-order valence-electron chi connectivity index (χ2n) is 3.85. The Morgan fingerprint density at radius 1 is 1.53 bits per heavy atom. The molecule has 0 radical (unpaired) electrons. The second-order valence-corrected chi connectivity index (χ2v) is 3.85. The van der Waals surface area contributed by atoms with Gasteiger partial charge < -0.3 is 14.8 Å². The standard InChI is InChI=1S/C12H17NO2/c1-10-3-2-4-12(7-10)15-9-11-8-14-6-5-13-11/h2-4,7,11,13H,5-6,8-9H2,1H3. The van der Waals surface area contributed by atoms with Crippen molar-refractivity contribution in [2.24, 2.45) is 0 Å². The number of aryl methyl sites for hydroxylation is 1. The van der Waals surface area contributed by atoms with E-state index in [9.17, 15) is 0 Å². The summed E-state index contributed by atoms with van der Waals surface area (Å²) in [6, 6.07) is 8.42. The van der Waals surface area contributed by atoms with Crippen LogP contribution in [0.2, 0.25) is 0 Å². The minimum absolute atomic E-state index is 0.319. The lowest BCUT2D eigenvalue weighted by Crippen LogP contribution is -2.44. The van der Waals surface area contributed by atoms with Crippen LogP contribution in [0.25, 0.3) is 0 Å². The Morgan fingerprint density at radius 2 is 2.47 bits per heavy atom. The minimum atomic E-state index is 0.319. The molecule has 1 aromatic rings. The molecule has 0 amide bonds. The van der Waals surface area contributed by atoms with Crippen LogP contribution in [0, 0.1) is 6.92 Å².